The summed E-state index contributed by atoms with van der Waals surface area (Å²) in [6.07, 6.45) is 0. The molecule has 0 radical (unpaired) electrons. The van der Waals surface area contributed by atoms with E-state index in [2.05, 4.69) is 109 Å². The summed E-state index contributed by atoms with van der Waals surface area (Å²) in [7, 11) is 0. The largest absolute Gasteiger partial charge is 0.435 e. The second kappa shape index (κ2) is 12.6. The molecule has 0 fully saturated rings. The van der Waals surface area contributed by atoms with Crippen LogP contribution in [0.4, 0.5) is 0 Å². The molecule has 11 aromatic rings. The van der Waals surface area contributed by atoms with E-state index in [-0.39, 0.29) is 0 Å². The van der Waals surface area contributed by atoms with Gasteiger partial charge in [-0.15, -0.1) is 0 Å². The summed E-state index contributed by atoms with van der Waals surface area (Å²) in [6, 6.07) is 63.0. The van der Waals surface area contributed by atoms with Crippen molar-refractivity contribution in [3.63, 3.8) is 0 Å². The maximum atomic E-state index is 6.54. The van der Waals surface area contributed by atoms with Gasteiger partial charge < -0.3 is 4.42 Å². The Kier molecular flexibility index (Phi) is 7.10. The molecule has 0 bridgehead atoms. The molecule has 9 aromatic carbocycles. The smallest absolute Gasteiger partial charge is 0.227 e. The first kappa shape index (κ1) is 31.1. The Morgan fingerprint density at radius 2 is 0.782 bits per heavy atom. The van der Waals surface area contributed by atoms with Crippen LogP contribution >= 0.6 is 0 Å². The van der Waals surface area contributed by atoms with Gasteiger partial charge in [0.05, 0.1) is 0 Å². The van der Waals surface area contributed by atoms with E-state index < -0.39 is 0 Å². The Bertz CT molecular complexity index is 3250. The number of rotatable bonds is 5. The van der Waals surface area contributed by atoms with Gasteiger partial charge in [-0.1, -0.05) is 146 Å². The van der Waals surface area contributed by atoms with Gasteiger partial charge in [-0.25, -0.2) is 19.9 Å². The number of hydrogen-bond donors (Lipinski definition) is 0. The summed E-state index contributed by atoms with van der Waals surface area (Å²) in [5.41, 5.74) is 7.75. The minimum Gasteiger partial charge on any atom is -0.435 e. The van der Waals surface area contributed by atoms with E-state index in [0.29, 0.717) is 23.4 Å². The number of fused-ring (bicyclic) bond motifs is 8. The predicted molar refractivity (Wildman–Crippen MR) is 225 cm³/mol. The number of aromatic nitrogens is 4. The van der Waals surface area contributed by atoms with Crippen molar-refractivity contribution in [1.82, 2.24) is 19.9 Å². The maximum absolute atomic E-state index is 6.54. The lowest BCUT2D eigenvalue weighted by molar-refractivity contribution is 0.623. The Morgan fingerprint density at radius 1 is 0.309 bits per heavy atom. The van der Waals surface area contributed by atoms with Gasteiger partial charge in [0.25, 0.3) is 0 Å². The zero-order valence-corrected chi connectivity index (χ0v) is 29.5. The zero-order chi connectivity index (χ0) is 36.3. The molecule has 0 unspecified atom stereocenters. The van der Waals surface area contributed by atoms with Crippen LogP contribution in [0.3, 0.4) is 0 Å². The van der Waals surface area contributed by atoms with E-state index in [1.165, 1.54) is 11.1 Å². The normalized spacial score (nSPS) is 11.6. The molecule has 0 saturated carbocycles. The van der Waals surface area contributed by atoms with Crippen LogP contribution in [0.5, 0.6) is 0 Å². The first-order valence-corrected chi connectivity index (χ1v) is 18.4. The quantitative estimate of drug-likeness (QED) is 0.167. The van der Waals surface area contributed by atoms with Crippen molar-refractivity contribution >= 4 is 54.2 Å². The number of oxazole rings is 1. The summed E-state index contributed by atoms with van der Waals surface area (Å²) in [5, 5.41) is 8.93. The minimum atomic E-state index is 0.617. The predicted octanol–water partition coefficient (Wildman–Crippen LogP) is 13.0. The van der Waals surface area contributed by atoms with Crippen molar-refractivity contribution in [3.05, 3.63) is 182 Å². The molecule has 0 N–H and O–H groups in total. The Labute approximate surface area is 316 Å². The molecule has 0 atom stereocenters. The van der Waals surface area contributed by atoms with Crippen molar-refractivity contribution in [2.45, 2.75) is 0 Å². The van der Waals surface area contributed by atoms with Gasteiger partial charge in [-0.05, 0) is 79.8 Å². The Hall–Kier alpha value is -7.50. The van der Waals surface area contributed by atoms with Crippen LogP contribution in [-0.2, 0) is 0 Å². The molecule has 5 heteroatoms. The molecular weight excluding hydrogens is 673 g/mol. The van der Waals surface area contributed by atoms with Gasteiger partial charge in [0, 0.05) is 33.0 Å². The summed E-state index contributed by atoms with van der Waals surface area (Å²) >= 11 is 0. The minimum absolute atomic E-state index is 0.617. The van der Waals surface area contributed by atoms with E-state index in [0.717, 1.165) is 76.4 Å². The summed E-state index contributed by atoms with van der Waals surface area (Å²) in [4.78, 5) is 20.1. The third kappa shape index (κ3) is 5.41. The molecule has 2 heterocycles. The number of benzene rings is 9. The van der Waals surface area contributed by atoms with Crippen LogP contribution in [0.2, 0.25) is 0 Å². The summed E-state index contributed by atoms with van der Waals surface area (Å²) < 4.78 is 6.54. The topological polar surface area (TPSA) is 64.7 Å². The third-order valence-electron chi connectivity index (χ3n) is 10.5. The fraction of sp³-hybridized carbons (Fsp3) is 0. The average molecular weight is 703 g/mol. The van der Waals surface area contributed by atoms with Gasteiger partial charge in [0.15, 0.2) is 23.1 Å². The maximum Gasteiger partial charge on any atom is 0.227 e. The molecule has 0 aliphatic carbocycles. The van der Waals surface area contributed by atoms with Crippen LogP contribution in [0.15, 0.2) is 186 Å². The molecule has 0 spiro atoms. The molecule has 0 saturated heterocycles. The highest BCUT2D eigenvalue weighted by Crippen LogP contribution is 2.39. The average Bonchev–Trinajstić information content (AvgIpc) is 3.71. The third-order valence-corrected chi connectivity index (χ3v) is 10.5. The first-order valence-electron chi connectivity index (χ1n) is 18.4. The fourth-order valence-corrected chi connectivity index (χ4v) is 7.74. The van der Waals surface area contributed by atoms with Gasteiger partial charge in [0.2, 0.25) is 5.89 Å². The van der Waals surface area contributed by atoms with Crippen molar-refractivity contribution in [3.8, 4) is 56.7 Å². The molecule has 256 valence electrons. The van der Waals surface area contributed by atoms with Crippen molar-refractivity contribution in [2.24, 2.45) is 0 Å². The van der Waals surface area contributed by atoms with Crippen LogP contribution in [0, 0.1) is 0 Å². The molecule has 0 aliphatic heterocycles. The van der Waals surface area contributed by atoms with Crippen molar-refractivity contribution in [2.75, 3.05) is 0 Å². The summed E-state index contributed by atoms with van der Waals surface area (Å²) in [6.45, 7) is 0. The monoisotopic (exact) mass is 702 g/mol. The lowest BCUT2D eigenvalue weighted by atomic mass is 9.95. The molecule has 5 nitrogen and oxygen atoms in total. The second-order valence-electron chi connectivity index (χ2n) is 13.9. The van der Waals surface area contributed by atoms with E-state index in [1.54, 1.807) is 0 Å². The van der Waals surface area contributed by atoms with Gasteiger partial charge >= 0.3 is 0 Å². The molecule has 11 rings (SSSR count). The summed E-state index contributed by atoms with van der Waals surface area (Å²) in [5.74, 6) is 2.50. The van der Waals surface area contributed by atoms with Gasteiger partial charge in [-0.2, -0.15) is 0 Å². The number of nitrogens with zero attached hydrogens (tertiary/aromatic N) is 4. The van der Waals surface area contributed by atoms with Gasteiger partial charge in [0.1, 0.15) is 5.52 Å². The standard InChI is InChI=1S/C50H30N4O/c1-4-10-31(11-5-1)36-19-20-38-29-40(23-21-37(38)28-36)48-52-47(34-12-6-2-7-13-34)53-49(54-48)41-24-26-42-39(30-41)22-18-32-16-17-33-25-27-43-46(45(33)44(32)42)55-50(51-43)35-14-8-3-9-15-35/h1-30H. The first-order chi connectivity index (χ1) is 27.2. The zero-order valence-electron chi connectivity index (χ0n) is 29.5. The highest BCUT2D eigenvalue weighted by atomic mass is 16.3. The highest BCUT2D eigenvalue weighted by Gasteiger charge is 2.17. The van der Waals surface area contributed by atoms with E-state index >= 15 is 0 Å². The van der Waals surface area contributed by atoms with Gasteiger partial charge in [-0.3, -0.25) is 0 Å². The van der Waals surface area contributed by atoms with Crippen LogP contribution in [-0.4, -0.2) is 19.9 Å². The molecule has 2 aromatic heterocycles. The fourth-order valence-electron chi connectivity index (χ4n) is 7.74. The van der Waals surface area contributed by atoms with E-state index in [4.69, 9.17) is 24.4 Å². The Balaban J connectivity index is 1.06. The van der Waals surface area contributed by atoms with E-state index in [9.17, 15) is 0 Å². The Morgan fingerprint density at radius 3 is 1.45 bits per heavy atom. The van der Waals surface area contributed by atoms with Crippen LogP contribution in [0.25, 0.3) is 111 Å². The number of hydrogen-bond acceptors (Lipinski definition) is 5. The lowest BCUT2D eigenvalue weighted by Crippen LogP contribution is -2.00. The molecule has 0 amide bonds. The lowest BCUT2D eigenvalue weighted by Gasteiger charge is -2.12. The van der Waals surface area contributed by atoms with Crippen molar-refractivity contribution < 1.29 is 4.42 Å². The van der Waals surface area contributed by atoms with E-state index in [1.807, 2.05) is 72.8 Å². The van der Waals surface area contributed by atoms with Crippen molar-refractivity contribution in [1.29, 1.82) is 0 Å². The molecule has 55 heavy (non-hydrogen) atoms. The molecular formula is C50H30N4O. The second-order valence-corrected chi connectivity index (χ2v) is 13.9. The molecule has 0 aliphatic rings. The highest BCUT2D eigenvalue weighted by molar-refractivity contribution is 6.26. The van der Waals surface area contributed by atoms with Crippen LogP contribution in [0.1, 0.15) is 0 Å². The van der Waals surface area contributed by atoms with Crippen LogP contribution < -0.4 is 0 Å². The SMILES string of the molecule is c1ccc(-c2ccc3cc(-c4nc(-c5ccccc5)nc(-c5ccc6c(ccc7ccc8ccc9nc(-c%10ccccc%10)oc9c8c76)c5)n4)ccc3c2)cc1.